The zero-order valence-corrected chi connectivity index (χ0v) is 37.7. The van der Waals surface area contributed by atoms with E-state index in [1.807, 2.05) is 6.08 Å². The highest BCUT2D eigenvalue weighted by Gasteiger charge is 2.55. The summed E-state index contributed by atoms with van der Waals surface area (Å²) < 4.78 is 34.5. The molecule has 2 aliphatic heterocycles. The second-order valence-electron chi connectivity index (χ2n) is 19.4. The summed E-state index contributed by atoms with van der Waals surface area (Å²) >= 11 is 0. The zero-order valence-electron chi connectivity index (χ0n) is 37.7. The highest BCUT2D eigenvalue weighted by atomic mass is 16.7. The van der Waals surface area contributed by atoms with Crippen molar-refractivity contribution < 1.29 is 68.3 Å². The van der Waals surface area contributed by atoms with Crippen LogP contribution in [0.25, 0.3) is 0 Å². The fraction of sp³-hybridized carbons (Fsp3) is 0.875. The number of likely N-dealkylation sites (N-methyl/N-ethyl adjacent to an activating group) is 1. The van der Waals surface area contributed by atoms with Crippen molar-refractivity contribution in [2.75, 3.05) is 39.8 Å². The molecule has 0 bridgehead atoms. The lowest BCUT2D eigenvalue weighted by Crippen LogP contribution is -2.70. The Balaban J connectivity index is 1.81. The Bertz CT molecular complexity index is 1470. The van der Waals surface area contributed by atoms with Crippen LogP contribution in [-0.2, 0) is 28.4 Å². The molecule has 13 atom stereocenters. The summed E-state index contributed by atoms with van der Waals surface area (Å²) in [6.07, 6.45) is -9.44. The Morgan fingerprint density at radius 2 is 1.51 bits per heavy atom. The van der Waals surface area contributed by atoms with Crippen molar-refractivity contribution in [2.45, 2.75) is 178 Å². The summed E-state index contributed by atoms with van der Waals surface area (Å²) in [5.74, 6) is -0.319. The fourth-order valence-corrected chi connectivity index (χ4v) is 7.45. The van der Waals surface area contributed by atoms with Crippen LogP contribution < -0.4 is 32.7 Å². The second kappa shape index (κ2) is 21.5. The first-order valence-electron chi connectivity index (χ1n) is 20.9. The molecule has 2 fully saturated rings. The average molecular weight is 878 g/mol. The zero-order chi connectivity index (χ0) is 46.2. The first-order chi connectivity index (χ1) is 28.0. The van der Waals surface area contributed by atoms with Gasteiger partial charge in [0, 0.05) is 37.6 Å². The molecule has 0 spiro atoms. The Labute approximate surface area is 359 Å². The third-order valence-electron chi connectivity index (χ3n) is 10.1. The van der Waals surface area contributed by atoms with E-state index in [9.17, 15) is 39.9 Å². The van der Waals surface area contributed by atoms with Gasteiger partial charge in [0.25, 0.3) is 0 Å². The predicted octanol–water partition coefficient (Wildman–Crippen LogP) is -0.550. The lowest BCUT2D eigenvalue weighted by Gasteiger charge is -2.51. The molecule has 2 unspecified atom stereocenters. The van der Waals surface area contributed by atoms with Crippen LogP contribution >= 0.6 is 0 Å². The van der Waals surface area contributed by atoms with Crippen molar-refractivity contribution >= 4 is 18.3 Å². The van der Waals surface area contributed by atoms with Crippen LogP contribution in [0.15, 0.2) is 11.8 Å². The van der Waals surface area contributed by atoms with Crippen molar-refractivity contribution in [3.63, 3.8) is 0 Å². The number of carbonyl (C=O) groups excluding carboxylic acids is 3. The van der Waals surface area contributed by atoms with Crippen LogP contribution in [0.5, 0.6) is 0 Å². The molecule has 0 aromatic carbocycles. The van der Waals surface area contributed by atoms with Gasteiger partial charge in [-0.2, -0.15) is 0 Å². The summed E-state index contributed by atoms with van der Waals surface area (Å²) in [6.45, 7) is 17.2. The topological polar surface area (TPSA) is 311 Å². The predicted molar refractivity (Wildman–Crippen MR) is 222 cm³/mol. The van der Waals surface area contributed by atoms with Crippen LogP contribution in [0.2, 0.25) is 0 Å². The van der Waals surface area contributed by atoms with Crippen LogP contribution in [0, 0.1) is 5.92 Å². The van der Waals surface area contributed by atoms with Gasteiger partial charge in [0.2, 0.25) is 0 Å². The largest absolute Gasteiger partial charge is 0.492 e. The normalized spacial score (nSPS) is 32.1. The molecule has 2 heterocycles. The number of aliphatic hydroxyl groups is 5. The van der Waals surface area contributed by atoms with Crippen molar-refractivity contribution in [3.05, 3.63) is 11.8 Å². The van der Waals surface area contributed by atoms with Crippen LogP contribution in [-0.4, -0.2) is 178 Å². The molecule has 61 heavy (non-hydrogen) atoms. The quantitative estimate of drug-likeness (QED) is 0.0559. The Hall–Kier alpha value is -3.09. The fourth-order valence-electron chi connectivity index (χ4n) is 7.45. The molecule has 1 aliphatic carbocycles. The Morgan fingerprint density at radius 3 is 2.10 bits per heavy atom. The number of nitrogens with two attached hydrogens (primary N) is 2. The number of aliphatic hydroxyl groups excluding tert-OH is 4. The molecule has 354 valence electrons. The molecule has 3 amide bonds. The van der Waals surface area contributed by atoms with Crippen LogP contribution in [0.1, 0.15) is 88.5 Å². The molecule has 21 heteroatoms. The van der Waals surface area contributed by atoms with E-state index < -0.39 is 127 Å². The Morgan fingerprint density at radius 1 is 0.918 bits per heavy atom. The van der Waals surface area contributed by atoms with E-state index in [0.29, 0.717) is 38.2 Å². The van der Waals surface area contributed by atoms with Gasteiger partial charge in [0.1, 0.15) is 58.8 Å². The number of rotatable bonds is 15. The number of hydrogen-bond acceptors (Lipinski definition) is 18. The number of alkyl carbamates (subject to hydrolysis) is 2. The molecule has 3 aliphatic rings. The van der Waals surface area contributed by atoms with Gasteiger partial charge >= 0.3 is 18.3 Å². The number of nitrogens with zero attached hydrogens (tertiary/aromatic N) is 1. The maximum absolute atomic E-state index is 13.1. The third-order valence-corrected chi connectivity index (χ3v) is 10.1. The number of carbonyl (C=O) groups is 3. The van der Waals surface area contributed by atoms with Crippen molar-refractivity contribution in [3.8, 4) is 0 Å². The minimum Gasteiger partial charge on any atom is -0.492 e. The van der Waals surface area contributed by atoms with Gasteiger partial charge in [-0.15, -0.1) is 0 Å². The molecule has 13 N–H and O–H groups in total. The maximum Gasteiger partial charge on any atom is 0.410 e. The molecule has 1 saturated heterocycles. The smallest absolute Gasteiger partial charge is 0.410 e. The second-order valence-corrected chi connectivity index (χ2v) is 19.4. The summed E-state index contributed by atoms with van der Waals surface area (Å²) in [4.78, 5) is 38.4. The van der Waals surface area contributed by atoms with Crippen molar-refractivity contribution in [1.29, 1.82) is 0 Å². The molecule has 0 aromatic heterocycles. The molecular formula is C40H75N7O14. The molecular weight excluding hydrogens is 802 g/mol. The van der Waals surface area contributed by atoms with Gasteiger partial charge in [-0.05, 0) is 101 Å². The summed E-state index contributed by atoms with van der Waals surface area (Å²) in [6, 6.07) is -3.75. The number of ether oxygens (including phenoxy) is 6. The third kappa shape index (κ3) is 16.2. The first kappa shape index (κ1) is 52.3. The maximum atomic E-state index is 13.1. The van der Waals surface area contributed by atoms with E-state index in [4.69, 9.17) is 39.9 Å². The van der Waals surface area contributed by atoms with Gasteiger partial charge in [0.05, 0.1) is 31.8 Å². The first-order valence-corrected chi connectivity index (χ1v) is 20.9. The van der Waals surface area contributed by atoms with Crippen LogP contribution in [0.4, 0.5) is 14.4 Å². The van der Waals surface area contributed by atoms with E-state index >= 15 is 0 Å². The van der Waals surface area contributed by atoms with Gasteiger partial charge in [-0.25, -0.2) is 14.4 Å². The summed E-state index contributed by atoms with van der Waals surface area (Å²) in [5.41, 5.74) is 9.30. The molecule has 3 rings (SSSR count). The lowest BCUT2D eigenvalue weighted by molar-refractivity contribution is -0.306. The average Bonchev–Trinajstić information content (AvgIpc) is 3.09. The Kier molecular flexibility index (Phi) is 18.4. The van der Waals surface area contributed by atoms with E-state index in [1.165, 1.54) is 14.0 Å². The lowest BCUT2D eigenvalue weighted by atomic mass is 9.72. The number of hydrogen-bond donors (Lipinski definition) is 11. The SMILES string of the molecule is CN(C(=O)OC(C)(C)C)[C@@H]1[C@@H](O)[C@@H](O[C@@H]2[C@@H](O)[C@H](C3OC(CNCCCNC(=O)OC(C)(C)C)=CC[C@H]3N)[C@@H](N)C[C@H]2NC(O)[C@H](O)CNC(=O)OC(C)(C)C)OC[C@]1(C)O. The van der Waals surface area contributed by atoms with E-state index in [-0.39, 0.29) is 6.42 Å². The minimum absolute atomic E-state index is 0.0198. The van der Waals surface area contributed by atoms with Gasteiger partial charge in [0.15, 0.2) is 6.29 Å². The highest BCUT2D eigenvalue weighted by molar-refractivity contribution is 5.69. The van der Waals surface area contributed by atoms with E-state index in [0.717, 1.165) is 4.90 Å². The van der Waals surface area contributed by atoms with Crippen LogP contribution in [0.3, 0.4) is 0 Å². The molecule has 0 radical (unpaired) electrons. The standard InChI is InChI=1S/C40H75N7O14/c1-37(2,3)59-34(52)44-16-12-15-43-18-21-13-14-22(41)29(57-21)26-23(42)17-24(46-32(51)25(48)19-45-35(53)60-38(4,5)6)30(27(26)49)58-33-28(50)31(40(10,55)20-56-33)47(11)36(54)61-39(7,8)9/h13,22-33,43,46,48-51,55H,12,14-20,41-42H2,1-11H3,(H,44,52)(H,45,53)/t22-,23+,24-,25-,26-,27+,28-,29?,30+,31-,32?,33-,40+/m1/s1. The monoisotopic (exact) mass is 878 g/mol. The molecule has 1 saturated carbocycles. The summed E-state index contributed by atoms with van der Waals surface area (Å²) in [7, 11) is 1.36. The highest BCUT2D eigenvalue weighted by Crippen LogP contribution is 2.37. The summed E-state index contributed by atoms with van der Waals surface area (Å²) in [5, 5.41) is 68.4. The minimum atomic E-state index is -1.77. The number of nitrogens with one attached hydrogen (secondary N) is 4. The van der Waals surface area contributed by atoms with E-state index in [1.54, 1.807) is 62.3 Å². The van der Waals surface area contributed by atoms with Gasteiger partial charge in [-0.3, -0.25) is 5.32 Å². The van der Waals surface area contributed by atoms with E-state index in [2.05, 4.69) is 21.3 Å². The molecule has 0 aromatic rings. The van der Waals surface area contributed by atoms with Gasteiger partial charge in [-0.1, -0.05) is 0 Å². The molecule has 21 nitrogen and oxygen atoms in total. The number of amides is 3. The van der Waals surface area contributed by atoms with Crippen molar-refractivity contribution in [1.82, 2.24) is 26.2 Å². The van der Waals surface area contributed by atoms with Crippen molar-refractivity contribution in [2.24, 2.45) is 17.4 Å². The van der Waals surface area contributed by atoms with Gasteiger partial charge < -0.3 is 86.3 Å².